The van der Waals surface area contributed by atoms with E-state index in [4.69, 9.17) is 4.74 Å². The maximum absolute atomic E-state index is 13.7. The van der Waals surface area contributed by atoms with Crippen LogP contribution >= 0.6 is 0 Å². The van der Waals surface area contributed by atoms with Crippen LogP contribution in [0.15, 0.2) is 12.1 Å². The largest absolute Gasteiger partial charge is 0.494 e. The molecule has 0 saturated carbocycles. The van der Waals surface area contributed by atoms with E-state index in [1.807, 2.05) is 0 Å². The molecule has 0 N–H and O–H groups in total. The quantitative estimate of drug-likeness (QED) is 0.825. The van der Waals surface area contributed by atoms with Crippen LogP contribution in [0.25, 0.3) is 0 Å². The maximum atomic E-state index is 13.7. The lowest BCUT2D eigenvalue weighted by molar-refractivity contribution is -0.133. The molecule has 1 amide bonds. The summed E-state index contributed by atoms with van der Waals surface area (Å²) < 4.78 is 32.4. The normalized spacial score (nSPS) is 14.3. The average molecular weight is 255 g/mol. The summed E-state index contributed by atoms with van der Waals surface area (Å²) in [6, 6.07) is 2.23. The van der Waals surface area contributed by atoms with Gasteiger partial charge in [-0.05, 0) is 13.3 Å². The van der Waals surface area contributed by atoms with Crippen molar-refractivity contribution in [1.29, 1.82) is 0 Å². The molecule has 0 bridgehead atoms. The Hall–Kier alpha value is -1.65. The SMILES string of the molecule is CCOc1cc(F)c(CC(=O)N2CCC2)c(F)c1. The number of halogens is 2. The molecule has 98 valence electrons. The van der Waals surface area contributed by atoms with E-state index in [0.29, 0.717) is 19.7 Å². The van der Waals surface area contributed by atoms with Gasteiger partial charge in [0.2, 0.25) is 5.91 Å². The van der Waals surface area contributed by atoms with Crippen LogP contribution in [0.3, 0.4) is 0 Å². The minimum atomic E-state index is -0.729. The van der Waals surface area contributed by atoms with E-state index in [1.54, 1.807) is 11.8 Å². The number of hydrogen-bond donors (Lipinski definition) is 0. The van der Waals surface area contributed by atoms with E-state index in [1.165, 1.54) is 0 Å². The van der Waals surface area contributed by atoms with E-state index < -0.39 is 11.6 Å². The maximum Gasteiger partial charge on any atom is 0.227 e. The second kappa shape index (κ2) is 5.33. The first-order chi connectivity index (χ1) is 8.61. The van der Waals surface area contributed by atoms with Crippen LogP contribution in [0.2, 0.25) is 0 Å². The molecule has 3 nitrogen and oxygen atoms in total. The van der Waals surface area contributed by atoms with Crippen molar-refractivity contribution in [2.24, 2.45) is 0 Å². The Bertz CT molecular complexity index is 435. The van der Waals surface area contributed by atoms with Crippen molar-refractivity contribution in [2.45, 2.75) is 19.8 Å². The van der Waals surface area contributed by atoms with Gasteiger partial charge in [-0.15, -0.1) is 0 Å². The third-order valence-electron chi connectivity index (χ3n) is 2.96. The molecule has 2 rings (SSSR count). The molecule has 1 fully saturated rings. The van der Waals surface area contributed by atoms with Crippen LogP contribution in [0.1, 0.15) is 18.9 Å². The highest BCUT2D eigenvalue weighted by Gasteiger charge is 2.23. The Morgan fingerprint density at radius 3 is 2.39 bits per heavy atom. The predicted molar refractivity (Wildman–Crippen MR) is 62.4 cm³/mol. The van der Waals surface area contributed by atoms with Gasteiger partial charge in [0, 0.05) is 30.8 Å². The molecular formula is C13H15F2NO2. The molecule has 1 aliphatic rings. The summed E-state index contributed by atoms with van der Waals surface area (Å²) in [4.78, 5) is 13.3. The molecule has 1 aromatic carbocycles. The van der Waals surface area contributed by atoms with Crippen LogP contribution in [0, 0.1) is 11.6 Å². The number of carbonyl (C=O) groups is 1. The highest BCUT2D eigenvalue weighted by molar-refractivity contribution is 5.79. The number of hydrogen-bond acceptors (Lipinski definition) is 2. The van der Waals surface area contributed by atoms with Crippen molar-refractivity contribution >= 4 is 5.91 Å². The van der Waals surface area contributed by atoms with E-state index in [0.717, 1.165) is 18.6 Å². The Kier molecular flexibility index (Phi) is 3.79. The summed E-state index contributed by atoms with van der Waals surface area (Å²) in [7, 11) is 0. The number of amides is 1. The van der Waals surface area contributed by atoms with Gasteiger partial charge in [-0.1, -0.05) is 0 Å². The molecule has 0 unspecified atom stereocenters. The first kappa shape index (κ1) is 12.8. The van der Waals surface area contributed by atoms with Crippen LogP contribution in [-0.2, 0) is 11.2 Å². The molecule has 0 radical (unpaired) electrons. The zero-order valence-corrected chi connectivity index (χ0v) is 10.2. The fourth-order valence-electron chi connectivity index (χ4n) is 1.83. The Balaban J connectivity index is 2.14. The number of benzene rings is 1. The standard InChI is InChI=1S/C13H15F2NO2/c1-2-18-9-6-11(14)10(12(15)7-9)8-13(17)16-4-3-5-16/h6-7H,2-5,8H2,1H3. The van der Waals surface area contributed by atoms with Gasteiger partial charge in [-0.2, -0.15) is 0 Å². The highest BCUT2D eigenvalue weighted by Crippen LogP contribution is 2.22. The summed E-state index contributed by atoms with van der Waals surface area (Å²) in [5, 5.41) is 0. The molecule has 1 saturated heterocycles. The van der Waals surface area contributed by atoms with Crippen molar-refractivity contribution in [2.75, 3.05) is 19.7 Å². The summed E-state index contributed by atoms with van der Waals surface area (Å²) in [5.74, 6) is -1.55. The molecule has 1 aliphatic heterocycles. The molecule has 0 atom stereocenters. The smallest absolute Gasteiger partial charge is 0.227 e. The number of rotatable bonds is 4. The van der Waals surface area contributed by atoms with Crippen LogP contribution in [-0.4, -0.2) is 30.5 Å². The lowest BCUT2D eigenvalue weighted by atomic mass is 10.1. The molecule has 5 heteroatoms. The van der Waals surface area contributed by atoms with E-state index in [2.05, 4.69) is 0 Å². The van der Waals surface area contributed by atoms with Crippen molar-refractivity contribution in [3.8, 4) is 5.75 Å². The third-order valence-corrected chi connectivity index (χ3v) is 2.96. The van der Waals surface area contributed by atoms with E-state index in [-0.39, 0.29) is 23.6 Å². The Labute approximate surface area is 104 Å². The second-order valence-corrected chi connectivity index (χ2v) is 4.21. The van der Waals surface area contributed by atoms with Gasteiger partial charge in [0.25, 0.3) is 0 Å². The van der Waals surface area contributed by atoms with E-state index >= 15 is 0 Å². The minimum absolute atomic E-state index is 0.146. The first-order valence-electron chi connectivity index (χ1n) is 6.00. The van der Waals surface area contributed by atoms with Gasteiger partial charge in [0.1, 0.15) is 17.4 Å². The van der Waals surface area contributed by atoms with Gasteiger partial charge in [0.05, 0.1) is 13.0 Å². The zero-order valence-electron chi connectivity index (χ0n) is 10.2. The number of carbonyl (C=O) groups excluding carboxylic acids is 1. The number of nitrogens with zero attached hydrogens (tertiary/aromatic N) is 1. The highest BCUT2D eigenvalue weighted by atomic mass is 19.1. The third kappa shape index (κ3) is 2.60. The second-order valence-electron chi connectivity index (χ2n) is 4.21. The lowest BCUT2D eigenvalue weighted by Gasteiger charge is -2.31. The average Bonchev–Trinajstić information content (AvgIpc) is 2.21. The van der Waals surface area contributed by atoms with Crippen LogP contribution in [0.4, 0.5) is 8.78 Å². The molecule has 0 spiro atoms. The molecule has 0 aromatic heterocycles. The minimum Gasteiger partial charge on any atom is -0.494 e. The Morgan fingerprint density at radius 2 is 1.94 bits per heavy atom. The summed E-state index contributed by atoms with van der Waals surface area (Å²) in [6.07, 6.45) is 0.726. The predicted octanol–water partition coefficient (Wildman–Crippen LogP) is 2.14. The van der Waals surface area contributed by atoms with Crippen molar-refractivity contribution < 1.29 is 18.3 Å². The van der Waals surface area contributed by atoms with Gasteiger partial charge < -0.3 is 9.64 Å². The topological polar surface area (TPSA) is 29.5 Å². The van der Waals surface area contributed by atoms with Crippen molar-refractivity contribution in [1.82, 2.24) is 4.90 Å². The fraction of sp³-hybridized carbons (Fsp3) is 0.462. The Morgan fingerprint density at radius 1 is 1.33 bits per heavy atom. The molecule has 1 heterocycles. The molecular weight excluding hydrogens is 240 g/mol. The number of likely N-dealkylation sites (tertiary alicyclic amines) is 1. The lowest BCUT2D eigenvalue weighted by Crippen LogP contribution is -2.43. The van der Waals surface area contributed by atoms with Crippen molar-refractivity contribution in [3.63, 3.8) is 0 Å². The van der Waals surface area contributed by atoms with Gasteiger partial charge in [0.15, 0.2) is 0 Å². The van der Waals surface area contributed by atoms with Gasteiger partial charge in [-0.3, -0.25) is 4.79 Å². The molecule has 18 heavy (non-hydrogen) atoms. The van der Waals surface area contributed by atoms with Crippen LogP contribution < -0.4 is 4.74 Å². The van der Waals surface area contributed by atoms with Gasteiger partial charge >= 0.3 is 0 Å². The summed E-state index contributed by atoms with van der Waals surface area (Å²) in [5.41, 5.74) is -0.185. The van der Waals surface area contributed by atoms with Crippen molar-refractivity contribution in [3.05, 3.63) is 29.3 Å². The number of ether oxygens (including phenoxy) is 1. The van der Waals surface area contributed by atoms with Gasteiger partial charge in [-0.25, -0.2) is 8.78 Å². The van der Waals surface area contributed by atoms with Crippen LogP contribution in [0.5, 0.6) is 5.75 Å². The monoisotopic (exact) mass is 255 g/mol. The zero-order chi connectivity index (χ0) is 13.1. The summed E-state index contributed by atoms with van der Waals surface area (Å²) in [6.45, 7) is 3.43. The van der Waals surface area contributed by atoms with E-state index in [9.17, 15) is 13.6 Å². The summed E-state index contributed by atoms with van der Waals surface area (Å²) >= 11 is 0. The fourth-order valence-corrected chi connectivity index (χ4v) is 1.83. The molecule has 0 aliphatic carbocycles. The molecule has 1 aromatic rings. The first-order valence-corrected chi connectivity index (χ1v) is 6.00.